The van der Waals surface area contributed by atoms with Crippen LogP contribution in [-0.4, -0.2) is 33.7 Å². The minimum atomic E-state index is -3.15. The number of hydrogen-bond donors (Lipinski definition) is 2. The third kappa shape index (κ3) is 5.98. The minimum Gasteiger partial charge on any atom is -0.357 e. The molecular weight excluding hydrogens is 342 g/mol. The van der Waals surface area contributed by atoms with E-state index in [1.54, 1.807) is 35.6 Å². The molecule has 130 valence electrons. The van der Waals surface area contributed by atoms with Gasteiger partial charge in [-0.3, -0.25) is 0 Å². The smallest absolute Gasteiger partial charge is 0.191 e. The van der Waals surface area contributed by atoms with Gasteiger partial charge in [-0.2, -0.15) is 0 Å². The van der Waals surface area contributed by atoms with Gasteiger partial charge in [0.05, 0.1) is 11.4 Å². The molecule has 1 heterocycles. The number of hydrogen-bond acceptors (Lipinski definition) is 4. The van der Waals surface area contributed by atoms with E-state index in [1.807, 2.05) is 6.92 Å². The lowest BCUT2D eigenvalue weighted by atomic mass is 10.2. The molecule has 0 unspecified atom stereocenters. The summed E-state index contributed by atoms with van der Waals surface area (Å²) in [6, 6.07) is 11.0. The van der Waals surface area contributed by atoms with Gasteiger partial charge < -0.3 is 10.6 Å². The number of aliphatic imine (C=N–C) groups is 1. The van der Waals surface area contributed by atoms with Gasteiger partial charge in [-0.15, -0.1) is 11.3 Å². The van der Waals surface area contributed by atoms with Crippen LogP contribution in [0.15, 0.2) is 51.7 Å². The summed E-state index contributed by atoms with van der Waals surface area (Å²) in [4.78, 5) is 6.21. The number of benzene rings is 1. The summed E-state index contributed by atoms with van der Waals surface area (Å²) >= 11 is 1.75. The third-order valence-electron chi connectivity index (χ3n) is 3.36. The van der Waals surface area contributed by atoms with Gasteiger partial charge in [0.25, 0.3) is 0 Å². The van der Waals surface area contributed by atoms with Gasteiger partial charge in [-0.1, -0.05) is 18.2 Å². The maximum atomic E-state index is 11.5. The zero-order valence-corrected chi connectivity index (χ0v) is 15.6. The Morgan fingerprint density at radius 1 is 1.17 bits per heavy atom. The lowest BCUT2D eigenvalue weighted by Crippen LogP contribution is -2.38. The predicted octanol–water partition coefficient (Wildman–Crippen LogP) is 2.45. The molecule has 1 aromatic carbocycles. The van der Waals surface area contributed by atoms with Gasteiger partial charge >= 0.3 is 0 Å². The third-order valence-corrected chi connectivity index (χ3v) is 5.42. The second kappa shape index (κ2) is 8.84. The van der Waals surface area contributed by atoms with Crippen molar-refractivity contribution < 1.29 is 8.42 Å². The molecule has 5 nitrogen and oxygen atoms in total. The van der Waals surface area contributed by atoms with Crippen LogP contribution in [0.5, 0.6) is 0 Å². The van der Waals surface area contributed by atoms with Crippen LogP contribution in [0, 0.1) is 0 Å². The van der Waals surface area contributed by atoms with Crippen LogP contribution < -0.4 is 10.6 Å². The van der Waals surface area contributed by atoms with Crippen LogP contribution in [0.25, 0.3) is 0 Å². The van der Waals surface area contributed by atoms with Crippen LogP contribution >= 0.6 is 11.3 Å². The Morgan fingerprint density at radius 2 is 1.92 bits per heavy atom. The molecule has 0 amide bonds. The molecule has 24 heavy (non-hydrogen) atoms. The fourth-order valence-corrected chi connectivity index (χ4v) is 3.45. The highest BCUT2D eigenvalue weighted by atomic mass is 32.2. The van der Waals surface area contributed by atoms with Gasteiger partial charge in [0.15, 0.2) is 15.8 Å². The number of sulfone groups is 1. The van der Waals surface area contributed by atoms with Crippen LogP contribution in [0.2, 0.25) is 0 Å². The van der Waals surface area contributed by atoms with E-state index in [2.05, 4.69) is 33.1 Å². The molecule has 0 spiro atoms. The molecule has 0 aliphatic heterocycles. The summed E-state index contributed by atoms with van der Waals surface area (Å²) in [6.45, 7) is 4.13. The van der Waals surface area contributed by atoms with Crippen molar-refractivity contribution in [1.29, 1.82) is 0 Å². The largest absolute Gasteiger partial charge is 0.357 e. The van der Waals surface area contributed by atoms with E-state index in [0.717, 1.165) is 31.0 Å². The lowest BCUT2D eigenvalue weighted by Gasteiger charge is -2.11. The summed E-state index contributed by atoms with van der Waals surface area (Å²) in [5.74, 6) is 0.765. The first kappa shape index (κ1) is 18.5. The van der Waals surface area contributed by atoms with E-state index in [1.165, 1.54) is 11.1 Å². The highest BCUT2D eigenvalue weighted by Gasteiger charge is 2.06. The van der Waals surface area contributed by atoms with E-state index >= 15 is 0 Å². The molecular formula is C17H23N3O2S2. The monoisotopic (exact) mass is 365 g/mol. The summed E-state index contributed by atoms with van der Waals surface area (Å²) in [6.07, 6.45) is 2.17. The summed E-state index contributed by atoms with van der Waals surface area (Å²) < 4.78 is 22.9. The highest BCUT2D eigenvalue weighted by Crippen LogP contribution is 2.11. The normalized spacial score (nSPS) is 12.2. The Hall–Kier alpha value is -1.86. The van der Waals surface area contributed by atoms with E-state index in [9.17, 15) is 8.42 Å². The Balaban J connectivity index is 1.92. The maximum absolute atomic E-state index is 11.5. The Kier molecular flexibility index (Phi) is 6.81. The molecule has 0 radical (unpaired) electrons. The molecule has 0 aliphatic rings. The highest BCUT2D eigenvalue weighted by molar-refractivity contribution is 7.90. The topological polar surface area (TPSA) is 70.6 Å². The van der Waals surface area contributed by atoms with Crippen LogP contribution in [-0.2, 0) is 22.8 Å². The Bertz CT molecular complexity index is 752. The van der Waals surface area contributed by atoms with E-state index < -0.39 is 9.84 Å². The van der Waals surface area contributed by atoms with E-state index in [4.69, 9.17) is 0 Å². The zero-order chi connectivity index (χ0) is 17.4. The van der Waals surface area contributed by atoms with Gasteiger partial charge in [0, 0.05) is 24.2 Å². The van der Waals surface area contributed by atoms with Crippen molar-refractivity contribution in [2.45, 2.75) is 24.8 Å². The molecule has 0 fully saturated rings. The second-order valence-corrected chi connectivity index (χ2v) is 8.42. The van der Waals surface area contributed by atoms with Crippen molar-refractivity contribution in [1.82, 2.24) is 10.6 Å². The molecule has 0 aliphatic carbocycles. The fraction of sp³-hybridized carbons (Fsp3) is 0.353. The molecule has 2 aromatic rings. The first-order valence-electron chi connectivity index (χ1n) is 7.82. The maximum Gasteiger partial charge on any atom is 0.191 e. The van der Waals surface area contributed by atoms with Crippen molar-refractivity contribution in [3.8, 4) is 0 Å². The number of thiophene rings is 1. The number of guanidine groups is 1. The van der Waals surface area contributed by atoms with Crippen LogP contribution in [0.4, 0.5) is 0 Å². The van der Waals surface area contributed by atoms with Crippen LogP contribution in [0.1, 0.15) is 17.4 Å². The summed E-state index contributed by atoms with van der Waals surface area (Å²) in [5.41, 5.74) is 0.970. The number of nitrogens with zero attached hydrogens (tertiary/aromatic N) is 1. The zero-order valence-electron chi connectivity index (χ0n) is 14.0. The molecule has 0 bridgehead atoms. The molecule has 0 saturated heterocycles. The molecule has 1 aromatic heterocycles. The average molecular weight is 366 g/mol. The van der Waals surface area contributed by atoms with Gasteiger partial charge in [-0.25, -0.2) is 13.4 Å². The molecule has 0 saturated carbocycles. The second-order valence-electron chi connectivity index (χ2n) is 5.37. The van der Waals surface area contributed by atoms with Gasteiger partial charge in [0.2, 0.25) is 0 Å². The molecule has 2 N–H and O–H groups in total. The van der Waals surface area contributed by atoms with Crippen LogP contribution in [0.3, 0.4) is 0 Å². The first-order chi connectivity index (χ1) is 11.5. The van der Waals surface area contributed by atoms with E-state index in [0.29, 0.717) is 11.4 Å². The van der Waals surface area contributed by atoms with Crippen molar-refractivity contribution in [2.75, 3.05) is 19.3 Å². The quantitative estimate of drug-likeness (QED) is 0.584. The molecule has 0 atom stereocenters. The van der Waals surface area contributed by atoms with Gasteiger partial charge in [0.1, 0.15) is 0 Å². The first-order valence-corrected chi connectivity index (χ1v) is 10.6. The average Bonchev–Trinajstić information content (AvgIpc) is 3.05. The Labute approximate surface area is 147 Å². The van der Waals surface area contributed by atoms with Crippen molar-refractivity contribution in [3.63, 3.8) is 0 Å². The van der Waals surface area contributed by atoms with Crippen molar-refractivity contribution in [3.05, 3.63) is 52.2 Å². The van der Waals surface area contributed by atoms with Crippen molar-refractivity contribution in [2.24, 2.45) is 4.99 Å². The minimum absolute atomic E-state index is 0.330. The summed E-state index contributed by atoms with van der Waals surface area (Å²) in [5, 5.41) is 8.61. The number of nitrogens with one attached hydrogen (secondary N) is 2. The van der Waals surface area contributed by atoms with Crippen molar-refractivity contribution >= 4 is 27.1 Å². The molecule has 7 heteroatoms. The lowest BCUT2D eigenvalue weighted by molar-refractivity contribution is 0.602. The summed E-state index contributed by atoms with van der Waals surface area (Å²) in [7, 11) is -3.15. The SMILES string of the molecule is CCNC(=NCc1ccc(S(C)(=O)=O)cc1)NCCc1cccs1. The standard InChI is InChI=1S/C17H23N3O2S2/c1-3-18-17(19-11-10-15-5-4-12-23-15)20-13-14-6-8-16(9-7-14)24(2,21)22/h4-9,12H,3,10-11,13H2,1-2H3,(H2,18,19,20). The van der Waals surface area contributed by atoms with Gasteiger partial charge in [-0.05, 0) is 42.5 Å². The predicted molar refractivity (Wildman–Crippen MR) is 100 cm³/mol. The number of rotatable bonds is 7. The fourth-order valence-electron chi connectivity index (χ4n) is 2.11. The Morgan fingerprint density at radius 3 is 2.50 bits per heavy atom. The molecule has 2 rings (SSSR count). The van der Waals surface area contributed by atoms with E-state index in [-0.39, 0.29) is 0 Å².